The molecule has 0 saturated carbocycles. The fraction of sp³-hybridized carbons (Fsp3) is 0.524. The molecule has 1 aliphatic heterocycles. The summed E-state index contributed by atoms with van der Waals surface area (Å²) < 4.78 is 0. The summed E-state index contributed by atoms with van der Waals surface area (Å²) in [6.07, 6.45) is 1.82. The lowest BCUT2D eigenvalue weighted by molar-refractivity contribution is -0.132. The van der Waals surface area contributed by atoms with E-state index in [2.05, 4.69) is 14.8 Å². The van der Waals surface area contributed by atoms with Gasteiger partial charge in [-0.05, 0) is 26.8 Å². The number of carbonyl (C=O) groups excluding carboxylic acids is 2. The first-order valence-electron chi connectivity index (χ1n) is 9.89. The Morgan fingerprint density at radius 2 is 1.78 bits per heavy atom. The van der Waals surface area contributed by atoms with Gasteiger partial charge in [0.15, 0.2) is 5.78 Å². The summed E-state index contributed by atoms with van der Waals surface area (Å²) in [4.78, 5) is 34.8. The van der Waals surface area contributed by atoms with E-state index in [-0.39, 0.29) is 17.7 Å². The van der Waals surface area contributed by atoms with Gasteiger partial charge in [-0.3, -0.25) is 19.4 Å². The van der Waals surface area contributed by atoms with Gasteiger partial charge in [0.1, 0.15) is 0 Å². The molecule has 1 saturated heterocycles. The van der Waals surface area contributed by atoms with E-state index in [9.17, 15) is 9.59 Å². The molecular formula is C21H30N4O2. The molecule has 1 aliphatic rings. The van der Waals surface area contributed by atoms with Crippen LogP contribution in [0.15, 0.2) is 30.5 Å². The molecule has 0 spiro atoms. The maximum Gasteiger partial charge on any atom is 0.236 e. The minimum atomic E-state index is -0.162. The summed E-state index contributed by atoms with van der Waals surface area (Å²) in [6, 6.07) is 7.74. The van der Waals surface area contributed by atoms with Gasteiger partial charge in [-0.25, -0.2) is 0 Å². The summed E-state index contributed by atoms with van der Waals surface area (Å²) in [5, 5.41) is 0.984. The molecule has 2 heterocycles. The highest BCUT2D eigenvalue weighted by Gasteiger charge is 2.28. The van der Waals surface area contributed by atoms with E-state index in [1.54, 1.807) is 0 Å². The summed E-state index contributed by atoms with van der Waals surface area (Å²) in [7, 11) is 0. The van der Waals surface area contributed by atoms with Crippen LogP contribution in [0.1, 0.15) is 31.1 Å². The van der Waals surface area contributed by atoms with Gasteiger partial charge in [0.25, 0.3) is 0 Å². The van der Waals surface area contributed by atoms with Gasteiger partial charge in [-0.2, -0.15) is 0 Å². The number of likely N-dealkylation sites (N-methyl/N-ethyl adjacent to an activating group) is 1. The van der Waals surface area contributed by atoms with Crippen LogP contribution in [0.4, 0.5) is 0 Å². The zero-order valence-electron chi connectivity index (χ0n) is 16.6. The zero-order chi connectivity index (χ0) is 19.4. The molecule has 6 nitrogen and oxygen atoms in total. The molecule has 1 aromatic carbocycles. The smallest absolute Gasteiger partial charge is 0.236 e. The lowest BCUT2D eigenvalue weighted by Gasteiger charge is -2.37. The van der Waals surface area contributed by atoms with Crippen molar-refractivity contribution in [1.29, 1.82) is 0 Å². The van der Waals surface area contributed by atoms with Crippen molar-refractivity contribution in [3.63, 3.8) is 0 Å². The number of aromatic nitrogens is 1. The lowest BCUT2D eigenvalue weighted by Crippen LogP contribution is -2.53. The summed E-state index contributed by atoms with van der Waals surface area (Å²) in [6.45, 7) is 11.2. The molecule has 2 aromatic rings. The maximum atomic E-state index is 13.0. The predicted molar refractivity (Wildman–Crippen MR) is 108 cm³/mol. The Morgan fingerprint density at radius 3 is 2.44 bits per heavy atom. The third-order valence-electron chi connectivity index (χ3n) is 5.66. The minimum absolute atomic E-state index is 0.153. The van der Waals surface area contributed by atoms with Crippen molar-refractivity contribution in [3.05, 3.63) is 36.0 Å². The van der Waals surface area contributed by atoms with Crippen molar-refractivity contribution in [2.24, 2.45) is 0 Å². The number of Topliss-reactive ketones (excluding diaryl/α,β-unsaturated/α-hetero) is 1. The number of piperazine rings is 1. The van der Waals surface area contributed by atoms with Gasteiger partial charge in [0, 0.05) is 61.9 Å². The van der Waals surface area contributed by atoms with Crippen LogP contribution in [0.3, 0.4) is 0 Å². The van der Waals surface area contributed by atoms with Crippen molar-refractivity contribution in [3.8, 4) is 0 Å². The Morgan fingerprint density at radius 1 is 1.11 bits per heavy atom. The van der Waals surface area contributed by atoms with Gasteiger partial charge in [-0.15, -0.1) is 0 Å². The van der Waals surface area contributed by atoms with Gasteiger partial charge in [0.05, 0.1) is 12.6 Å². The van der Waals surface area contributed by atoms with E-state index in [0.717, 1.165) is 55.7 Å². The molecule has 0 radical (unpaired) electrons. The number of carbonyl (C=O) groups is 2. The monoisotopic (exact) mass is 370 g/mol. The number of ketones is 1. The number of fused-ring (bicyclic) bond motifs is 1. The average molecular weight is 370 g/mol. The van der Waals surface area contributed by atoms with Crippen molar-refractivity contribution in [2.45, 2.75) is 26.8 Å². The quantitative estimate of drug-likeness (QED) is 0.760. The molecule has 27 heavy (non-hydrogen) atoms. The summed E-state index contributed by atoms with van der Waals surface area (Å²) in [5.41, 5.74) is 1.75. The molecular weight excluding hydrogens is 340 g/mol. The van der Waals surface area contributed by atoms with Crippen LogP contribution >= 0.6 is 0 Å². The molecule has 1 N–H and O–H groups in total. The first-order chi connectivity index (χ1) is 13.0. The molecule has 1 amide bonds. The number of aromatic amines is 1. The number of H-pyrrole nitrogens is 1. The van der Waals surface area contributed by atoms with Crippen molar-refractivity contribution < 1.29 is 9.59 Å². The molecule has 1 unspecified atom stereocenters. The molecule has 1 aromatic heterocycles. The molecule has 0 aliphatic carbocycles. The zero-order valence-corrected chi connectivity index (χ0v) is 16.6. The van der Waals surface area contributed by atoms with Crippen molar-refractivity contribution in [2.75, 3.05) is 45.8 Å². The van der Waals surface area contributed by atoms with Crippen LogP contribution in [-0.4, -0.2) is 83.2 Å². The average Bonchev–Trinajstić information content (AvgIpc) is 3.12. The largest absolute Gasteiger partial charge is 0.360 e. The van der Waals surface area contributed by atoms with Gasteiger partial charge in [-0.1, -0.05) is 18.2 Å². The molecule has 6 heteroatoms. The van der Waals surface area contributed by atoms with Crippen LogP contribution in [-0.2, 0) is 4.79 Å². The van der Waals surface area contributed by atoms with E-state index in [1.807, 2.05) is 56.1 Å². The van der Waals surface area contributed by atoms with Crippen LogP contribution in [0.25, 0.3) is 10.9 Å². The van der Waals surface area contributed by atoms with E-state index in [1.165, 1.54) is 0 Å². The van der Waals surface area contributed by atoms with Crippen LogP contribution in [0, 0.1) is 0 Å². The standard InChI is InChI=1S/C21H30N4O2/c1-4-24(5-2)20(26)15-23-10-12-25(13-11-23)16(3)21(27)18-14-22-19-9-7-6-8-17(18)19/h6-9,14,16,22H,4-5,10-13,15H2,1-3H3. The lowest BCUT2D eigenvalue weighted by atomic mass is 10.0. The van der Waals surface area contributed by atoms with Gasteiger partial charge in [0.2, 0.25) is 5.91 Å². The summed E-state index contributed by atoms with van der Waals surface area (Å²) >= 11 is 0. The number of hydrogen-bond acceptors (Lipinski definition) is 4. The van der Waals surface area contributed by atoms with E-state index in [4.69, 9.17) is 0 Å². The molecule has 1 fully saturated rings. The number of nitrogens with one attached hydrogen (secondary N) is 1. The molecule has 3 rings (SSSR count). The fourth-order valence-electron chi connectivity index (χ4n) is 3.84. The van der Waals surface area contributed by atoms with E-state index < -0.39 is 0 Å². The fourth-order valence-corrected chi connectivity index (χ4v) is 3.84. The van der Waals surface area contributed by atoms with Crippen LogP contribution < -0.4 is 0 Å². The Kier molecular flexibility index (Phi) is 6.29. The highest BCUT2D eigenvalue weighted by atomic mass is 16.2. The van der Waals surface area contributed by atoms with Crippen LogP contribution in [0.2, 0.25) is 0 Å². The first-order valence-corrected chi connectivity index (χ1v) is 9.89. The number of rotatable bonds is 7. The number of para-hydroxylation sites is 1. The van der Waals surface area contributed by atoms with E-state index >= 15 is 0 Å². The van der Waals surface area contributed by atoms with Crippen molar-refractivity contribution in [1.82, 2.24) is 19.7 Å². The SMILES string of the molecule is CCN(CC)C(=O)CN1CCN(C(C)C(=O)c2c[nH]c3ccccc23)CC1. The number of benzene rings is 1. The Bertz CT molecular complexity index is 788. The second-order valence-corrected chi connectivity index (χ2v) is 7.17. The first kappa shape index (κ1) is 19.6. The highest BCUT2D eigenvalue weighted by molar-refractivity contribution is 6.10. The maximum absolute atomic E-state index is 13.0. The Labute approximate surface area is 161 Å². The highest BCUT2D eigenvalue weighted by Crippen LogP contribution is 2.21. The van der Waals surface area contributed by atoms with Crippen LogP contribution in [0.5, 0.6) is 0 Å². The Balaban J connectivity index is 1.57. The van der Waals surface area contributed by atoms with E-state index in [0.29, 0.717) is 6.54 Å². The van der Waals surface area contributed by atoms with Gasteiger partial charge >= 0.3 is 0 Å². The third kappa shape index (κ3) is 4.22. The molecule has 146 valence electrons. The topological polar surface area (TPSA) is 59.7 Å². The predicted octanol–water partition coefficient (Wildman–Crippen LogP) is 2.23. The van der Waals surface area contributed by atoms with Gasteiger partial charge < -0.3 is 9.88 Å². The molecule has 0 bridgehead atoms. The molecule has 1 atom stereocenters. The second-order valence-electron chi connectivity index (χ2n) is 7.17. The number of amides is 1. The minimum Gasteiger partial charge on any atom is -0.360 e. The van der Waals surface area contributed by atoms with Crippen molar-refractivity contribution >= 4 is 22.6 Å². The third-order valence-corrected chi connectivity index (χ3v) is 5.66. The Hall–Kier alpha value is -2.18. The number of nitrogens with zero attached hydrogens (tertiary/aromatic N) is 3. The summed E-state index contributed by atoms with van der Waals surface area (Å²) in [5.74, 6) is 0.344. The number of hydrogen-bond donors (Lipinski definition) is 1. The second kappa shape index (κ2) is 8.67. The normalized spacial score (nSPS) is 17.1.